The Morgan fingerprint density at radius 1 is 1.53 bits per heavy atom. The molecule has 0 unspecified atom stereocenters. The summed E-state index contributed by atoms with van der Waals surface area (Å²) in [6, 6.07) is 2.15. The van der Waals surface area contributed by atoms with Gasteiger partial charge in [0.25, 0.3) is 0 Å². The van der Waals surface area contributed by atoms with Crippen molar-refractivity contribution < 1.29 is 0 Å². The minimum Gasteiger partial charge on any atom is -0.352 e. The predicted molar refractivity (Wildman–Crippen MR) is 88.4 cm³/mol. The van der Waals surface area contributed by atoms with Crippen LogP contribution in [0, 0.1) is 0 Å². The van der Waals surface area contributed by atoms with E-state index in [0.29, 0.717) is 0 Å². The second kappa shape index (κ2) is 7.58. The van der Waals surface area contributed by atoms with E-state index < -0.39 is 0 Å². The zero-order valence-corrected chi connectivity index (χ0v) is 14.5. The maximum absolute atomic E-state index is 4.32. The van der Waals surface area contributed by atoms with Gasteiger partial charge >= 0.3 is 0 Å². The third-order valence-electron chi connectivity index (χ3n) is 2.69. The zero-order valence-electron chi connectivity index (χ0n) is 9.78. The highest BCUT2D eigenvalue weighted by molar-refractivity contribution is 14.0. The fourth-order valence-corrected chi connectivity index (χ4v) is 3.09. The first-order valence-electron chi connectivity index (χ1n) is 5.48. The lowest BCUT2D eigenvalue weighted by Gasteiger charge is -2.20. The molecule has 2 heterocycles. The third kappa shape index (κ3) is 4.40. The minimum absolute atomic E-state index is 0. The van der Waals surface area contributed by atoms with E-state index in [2.05, 4.69) is 42.6 Å². The summed E-state index contributed by atoms with van der Waals surface area (Å²) in [5.74, 6) is 1.03. The Balaban J connectivity index is 0.00000144. The van der Waals surface area contributed by atoms with E-state index >= 15 is 0 Å². The number of guanidine groups is 1. The number of rotatable bonds is 2. The van der Waals surface area contributed by atoms with Crippen molar-refractivity contribution in [2.24, 2.45) is 4.99 Å². The molecule has 1 N–H and O–H groups in total. The molecule has 0 bridgehead atoms. The van der Waals surface area contributed by atoms with Crippen LogP contribution in [0.4, 0.5) is 0 Å². The Labute approximate surface area is 132 Å². The summed E-state index contributed by atoms with van der Waals surface area (Å²) >= 11 is 5.19. The van der Waals surface area contributed by atoms with Crippen LogP contribution in [0.1, 0.15) is 18.4 Å². The first-order chi connectivity index (χ1) is 7.79. The summed E-state index contributed by atoms with van der Waals surface area (Å²) in [6.07, 6.45) is 2.56. The highest BCUT2D eigenvalue weighted by atomic mass is 127. The van der Waals surface area contributed by atoms with Crippen LogP contribution in [-0.2, 0) is 6.54 Å². The maximum Gasteiger partial charge on any atom is 0.193 e. The Morgan fingerprint density at radius 2 is 2.24 bits per heavy atom. The molecule has 1 fully saturated rings. The van der Waals surface area contributed by atoms with Gasteiger partial charge < -0.3 is 10.2 Å². The zero-order chi connectivity index (χ0) is 11.4. The van der Waals surface area contributed by atoms with Crippen molar-refractivity contribution >= 4 is 57.2 Å². The number of nitrogens with zero attached hydrogens (tertiary/aromatic N) is 2. The molecule has 0 aliphatic carbocycles. The fourth-order valence-electron chi connectivity index (χ4n) is 1.88. The molecule has 1 aromatic heterocycles. The quantitative estimate of drug-likeness (QED) is 0.443. The van der Waals surface area contributed by atoms with Crippen molar-refractivity contribution in [3.05, 3.63) is 20.8 Å². The summed E-state index contributed by atoms with van der Waals surface area (Å²) < 4.78 is 1.18. The first-order valence-corrected chi connectivity index (χ1v) is 7.15. The van der Waals surface area contributed by atoms with Gasteiger partial charge in [-0.05, 0) is 45.8 Å². The number of hydrogen-bond acceptors (Lipinski definition) is 2. The lowest BCUT2D eigenvalue weighted by Crippen LogP contribution is -2.39. The average Bonchev–Trinajstić information content (AvgIpc) is 2.91. The first kappa shape index (κ1) is 15.2. The van der Waals surface area contributed by atoms with Crippen LogP contribution in [0.3, 0.4) is 0 Å². The average molecular weight is 430 g/mol. The molecule has 0 spiro atoms. The van der Waals surface area contributed by atoms with Crippen LogP contribution >= 0.6 is 51.2 Å². The van der Waals surface area contributed by atoms with Crippen molar-refractivity contribution in [2.75, 3.05) is 20.1 Å². The summed E-state index contributed by atoms with van der Waals surface area (Å²) in [4.78, 5) is 6.64. The number of thiophene rings is 1. The smallest absolute Gasteiger partial charge is 0.193 e. The van der Waals surface area contributed by atoms with Gasteiger partial charge in [0.1, 0.15) is 0 Å². The third-order valence-corrected chi connectivity index (χ3v) is 4.24. The molecular weight excluding hydrogens is 413 g/mol. The summed E-state index contributed by atoms with van der Waals surface area (Å²) in [5, 5.41) is 5.56. The Morgan fingerprint density at radius 3 is 2.76 bits per heavy atom. The van der Waals surface area contributed by atoms with E-state index in [-0.39, 0.29) is 24.0 Å². The molecule has 1 saturated heterocycles. The normalized spacial score (nSPS) is 15.9. The number of nitrogens with one attached hydrogen (secondary N) is 1. The highest BCUT2D eigenvalue weighted by Gasteiger charge is 2.15. The standard InChI is InChI=1S/C11H16BrN3S.HI/c1-13-11(15-4-2-3-5-15)14-7-9-6-10(12)16-8-9;/h6,8H,2-5,7H2,1H3,(H,13,14);1H. The van der Waals surface area contributed by atoms with Crippen molar-refractivity contribution in [3.63, 3.8) is 0 Å². The molecule has 0 aromatic carbocycles. The molecule has 1 aliphatic heterocycles. The fraction of sp³-hybridized carbons (Fsp3) is 0.545. The van der Waals surface area contributed by atoms with E-state index in [1.807, 2.05) is 7.05 Å². The second-order valence-electron chi connectivity index (χ2n) is 3.85. The van der Waals surface area contributed by atoms with E-state index in [0.717, 1.165) is 25.6 Å². The van der Waals surface area contributed by atoms with E-state index in [1.54, 1.807) is 11.3 Å². The van der Waals surface area contributed by atoms with Crippen LogP contribution in [0.2, 0.25) is 0 Å². The van der Waals surface area contributed by atoms with Gasteiger partial charge in [-0.1, -0.05) is 0 Å². The van der Waals surface area contributed by atoms with E-state index in [1.165, 1.54) is 22.2 Å². The van der Waals surface area contributed by atoms with E-state index in [4.69, 9.17) is 0 Å². The molecule has 0 amide bonds. The monoisotopic (exact) mass is 429 g/mol. The Hall–Kier alpha value is 0.180. The van der Waals surface area contributed by atoms with Crippen LogP contribution in [0.15, 0.2) is 20.2 Å². The summed E-state index contributed by atoms with van der Waals surface area (Å²) in [6.45, 7) is 3.12. The highest BCUT2D eigenvalue weighted by Crippen LogP contribution is 2.20. The molecule has 17 heavy (non-hydrogen) atoms. The van der Waals surface area contributed by atoms with Gasteiger partial charge in [-0.25, -0.2) is 0 Å². The molecule has 2 rings (SSSR count). The number of aliphatic imine (C=N–C) groups is 1. The molecule has 96 valence electrons. The van der Waals surface area contributed by atoms with Crippen LogP contribution in [0.25, 0.3) is 0 Å². The topological polar surface area (TPSA) is 27.6 Å². The van der Waals surface area contributed by atoms with Crippen molar-refractivity contribution in [3.8, 4) is 0 Å². The van der Waals surface area contributed by atoms with Crippen molar-refractivity contribution in [2.45, 2.75) is 19.4 Å². The van der Waals surface area contributed by atoms with Gasteiger partial charge in [0.15, 0.2) is 5.96 Å². The van der Waals surface area contributed by atoms with Gasteiger partial charge in [0, 0.05) is 26.7 Å². The number of halogens is 2. The lowest BCUT2D eigenvalue weighted by atomic mass is 10.3. The molecule has 3 nitrogen and oxygen atoms in total. The Bertz CT molecular complexity index is 375. The maximum atomic E-state index is 4.32. The van der Waals surface area contributed by atoms with Gasteiger partial charge in [-0.15, -0.1) is 35.3 Å². The SMILES string of the molecule is CN=C(NCc1csc(Br)c1)N1CCCC1.I. The van der Waals surface area contributed by atoms with E-state index in [9.17, 15) is 0 Å². The van der Waals surface area contributed by atoms with Crippen LogP contribution in [-0.4, -0.2) is 31.0 Å². The summed E-state index contributed by atoms with van der Waals surface area (Å²) in [7, 11) is 1.85. The molecule has 0 atom stereocenters. The van der Waals surface area contributed by atoms with Gasteiger partial charge in [0.05, 0.1) is 3.79 Å². The van der Waals surface area contributed by atoms with Gasteiger partial charge in [-0.3, -0.25) is 4.99 Å². The van der Waals surface area contributed by atoms with Crippen LogP contribution < -0.4 is 5.32 Å². The van der Waals surface area contributed by atoms with Gasteiger partial charge in [-0.2, -0.15) is 0 Å². The largest absolute Gasteiger partial charge is 0.352 e. The Kier molecular flexibility index (Phi) is 6.79. The summed E-state index contributed by atoms with van der Waals surface area (Å²) in [5.41, 5.74) is 1.30. The molecule has 1 aliphatic rings. The second-order valence-corrected chi connectivity index (χ2v) is 6.14. The van der Waals surface area contributed by atoms with Crippen molar-refractivity contribution in [1.82, 2.24) is 10.2 Å². The van der Waals surface area contributed by atoms with Crippen LogP contribution in [0.5, 0.6) is 0 Å². The molecular formula is C11H17BrIN3S. The van der Waals surface area contributed by atoms with Crippen molar-refractivity contribution in [1.29, 1.82) is 0 Å². The molecule has 0 radical (unpaired) electrons. The predicted octanol–water partition coefficient (Wildman–Crippen LogP) is 3.30. The molecule has 0 saturated carbocycles. The minimum atomic E-state index is 0. The van der Waals surface area contributed by atoms with Gasteiger partial charge in [0.2, 0.25) is 0 Å². The molecule has 1 aromatic rings. The number of likely N-dealkylation sites (tertiary alicyclic amines) is 1. The molecule has 6 heteroatoms. The lowest BCUT2D eigenvalue weighted by molar-refractivity contribution is 0.493. The number of hydrogen-bond donors (Lipinski definition) is 1.